The van der Waals surface area contributed by atoms with Gasteiger partial charge in [0.15, 0.2) is 6.61 Å². The molecule has 1 N–H and O–H groups in total. The number of nitrogens with one attached hydrogen (secondary N) is 1. The molecule has 3 rings (SSSR count). The number of anilines is 1. The molecule has 9 heteroatoms. The Labute approximate surface area is 196 Å². The van der Waals surface area contributed by atoms with Crippen molar-refractivity contribution < 1.29 is 38.1 Å². The quantitative estimate of drug-likeness (QED) is 0.471. The normalized spacial score (nSPS) is 10.1. The number of benzene rings is 3. The van der Waals surface area contributed by atoms with E-state index in [1.165, 1.54) is 32.4 Å². The minimum atomic E-state index is -0.705. The molecular formula is C25H23NO8. The lowest BCUT2D eigenvalue weighted by atomic mass is 10.1. The zero-order valence-corrected chi connectivity index (χ0v) is 18.8. The summed E-state index contributed by atoms with van der Waals surface area (Å²) >= 11 is 0. The lowest BCUT2D eigenvalue weighted by Gasteiger charge is -2.12. The number of carbonyl (C=O) groups is 3. The van der Waals surface area contributed by atoms with E-state index >= 15 is 0 Å². The first kappa shape index (κ1) is 24.1. The van der Waals surface area contributed by atoms with E-state index in [0.717, 1.165) is 0 Å². The monoisotopic (exact) mass is 465 g/mol. The Morgan fingerprint density at radius 2 is 1.32 bits per heavy atom. The van der Waals surface area contributed by atoms with Gasteiger partial charge in [0.1, 0.15) is 23.0 Å². The van der Waals surface area contributed by atoms with Gasteiger partial charge in [-0.1, -0.05) is 6.07 Å². The minimum Gasteiger partial charge on any atom is -0.497 e. The number of methoxy groups -OCH3 is 3. The van der Waals surface area contributed by atoms with Crippen LogP contribution in [-0.4, -0.2) is 45.8 Å². The van der Waals surface area contributed by atoms with E-state index in [4.69, 9.17) is 23.7 Å². The fraction of sp³-hybridized carbons (Fsp3) is 0.160. The molecule has 0 spiro atoms. The van der Waals surface area contributed by atoms with E-state index < -0.39 is 11.9 Å². The molecule has 1 amide bonds. The average molecular weight is 465 g/mol. The van der Waals surface area contributed by atoms with E-state index in [1.807, 2.05) is 0 Å². The third-order valence-corrected chi connectivity index (χ3v) is 4.58. The fourth-order valence-electron chi connectivity index (χ4n) is 2.94. The van der Waals surface area contributed by atoms with Crippen molar-refractivity contribution in [2.75, 3.05) is 33.3 Å². The smallest absolute Gasteiger partial charge is 0.338 e. The molecule has 3 aromatic carbocycles. The first-order valence-corrected chi connectivity index (χ1v) is 10.1. The van der Waals surface area contributed by atoms with Crippen LogP contribution >= 0.6 is 0 Å². The minimum absolute atomic E-state index is 0.00647. The Bertz CT molecular complexity index is 1170. The fourth-order valence-corrected chi connectivity index (χ4v) is 2.94. The Kier molecular flexibility index (Phi) is 8.07. The van der Waals surface area contributed by atoms with Gasteiger partial charge < -0.3 is 29.0 Å². The topological polar surface area (TPSA) is 109 Å². The van der Waals surface area contributed by atoms with Crippen molar-refractivity contribution in [3.8, 4) is 23.0 Å². The van der Waals surface area contributed by atoms with Gasteiger partial charge in [0.2, 0.25) is 0 Å². The molecular weight excluding hydrogens is 442 g/mol. The maximum atomic E-state index is 12.3. The number of amides is 1. The summed E-state index contributed by atoms with van der Waals surface area (Å²) in [6.07, 6.45) is 0. The summed E-state index contributed by atoms with van der Waals surface area (Å²) < 4.78 is 25.8. The van der Waals surface area contributed by atoms with Crippen LogP contribution in [-0.2, 0) is 14.3 Å². The molecule has 0 atom stereocenters. The summed E-state index contributed by atoms with van der Waals surface area (Å²) in [6, 6.07) is 17.9. The van der Waals surface area contributed by atoms with Crippen molar-refractivity contribution in [2.24, 2.45) is 0 Å². The van der Waals surface area contributed by atoms with Crippen molar-refractivity contribution in [3.63, 3.8) is 0 Å². The highest BCUT2D eigenvalue weighted by Gasteiger charge is 2.19. The Hall–Kier alpha value is -4.53. The zero-order chi connectivity index (χ0) is 24.5. The van der Waals surface area contributed by atoms with E-state index in [0.29, 0.717) is 28.7 Å². The van der Waals surface area contributed by atoms with E-state index in [1.54, 1.807) is 55.6 Å². The molecule has 34 heavy (non-hydrogen) atoms. The highest BCUT2D eigenvalue weighted by Crippen LogP contribution is 2.27. The molecule has 0 radical (unpaired) electrons. The second kappa shape index (κ2) is 11.4. The summed E-state index contributed by atoms with van der Waals surface area (Å²) in [5, 5.41) is 2.73. The van der Waals surface area contributed by atoms with Crippen molar-refractivity contribution in [3.05, 3.63) is 77.9 Å². The van der Waals surface area contributed by atoms with Gasteiger partial charge >= 0.3 is 11.9 Å². The van der Waals surface area contributed by atoms with Crippen molar-refractivity contribution >= 4 is 23.5 Å². The Morgan fingerprint density at radius 3 is 2.00 bits per heavy atom. The largest absolute Gasteiger partial charge is 0.497 e. The summed E-state index contributed by atoms with van der Waals surface area (Å²) in [7, 11) is 3.99. The SMILES string of the molecule is COC(=O)c1ccc(Oc2cccc(NC(=O)COc3ccc(OC)cc3)c2)cc1C(=O)OC. The van der Waals surface area contributed by atoms with Gasteiger partial charge in [0.05, 0.1) is 32.5 Å². The van der Waals surface area contributed by atoms with Gasteiger partial charge in [-0.15, -0.1) is 0 Å². The van der Waals surface area contributed by atoms with Gasteiger partial charge in [-0.25, -0.2) is 9.59 Å². The number of rotatable bonds is 9. The third kappa shape index (κ3) is 6.26. The highest BCUT2D eigenvalue weighted by atomic mass is 16.5. The zero-order valence-electron chi connectivity index (χ0n) is 18.8. The molecule has 176 valence electrons. The lowest BCUT2D eigenvalue weighted by Crippen LogP contribution is -2.20. The number of hydrogen-bond acceptors (Lipinski definition) is 8. The van der Waals surface area contributed by atoms with Gasteiger partial charge in [-0.3, -0.25) is 4.79 Å². The molecule has 0 heterocycles. The molecule has 0 aliphatic rings. The van der Waals surface area contributed by atoms with Crippen LogP contribution in [0.3, 0.4) is 0 Å². The Morgan fingerprint density at radius 1 is 0.706 bits per heavy atom. The van der Waals surface area contributed by atoms with E-state index in [-0.39, 0.29) is 23.6 Å². The summed E-state index contributed by atoms with van der Waals surface area (Å²) in [5.41, 5.74) is 0.548. The Balaban J connectivity index is 1.66. The lowest BCUT2D eigenvalue weighted by molar-refractivity contribution is -0.118. The third-order valence-electron chi connectivity index (χ3n) is 4.58. The van der Waals surface area contributed by atoms with Crippen LogP contribution in [0.5, 0.6) is 23.0 Å². The van der Waals surface area contributed by atoms with Gasteiger partial charge in [-0.2, -0.15) is 0 Å². The number of ether oxygens (including phenoxy) is 5. The first-order chi connectivity index (χ1) is 16.4. The first-order valence-electron chi connectivity index (χ1n) is 10.1. The average Bonchev–Trinajstić information content (AvgIpc) is 2.87. The molecule has 0 saturated carbocycles. The van der Waals surface area contributed by atoms with E-state index in [9.17, 15) is 14.4 Å². The van der Waals surface area contributed by atoms with Crippen molar-refractivity contribution in [1.82, 2.24) is 0 Å². The number of esters is 2. The molecule has 0 saturated heterocycles. The summed E-state index contributed by atoms with van der Waals surface area (Å²) in [5.74, 6) is 0.174. The summed E-state index contributed by atoms with van der Waals surface area (Å²) in [6.45, 7) is -0.186. The van der Waals surface area contributed by atoms with Crippen LogP contribution < -0.4 is 19.5 Å². The van der Waals surface area contributed by atoms with Crippen molar-refractivity contribution in [1.29, 1.82) is 0 Å². The number of carbonyl (C=O) groups excluding carboxylic acids is 3. The molecule has 0 fully saturated rings. The molecule has 9 nitrogen and oxygen atoms in total. The van der Waals surface area contributed by atoms with Gasteiger partial charge in [0, 0.05) is 11.8 Å². The predicted molar refractivity (Wildman–Crippen MR) is 123 cm³/mol. The second-order valence-electron chi connectivity index (χ2n) is 6.83. The van der Waals surface area contributed by atoms with Crippen LogP contribution in [0.1, 0.15) is 20.7 Å². The van der Waals surface area contributed by atoms with Crippen LogP contribution in [0.25, 0.3) is 0 Å². The molecule has 0 aromatic heterocycles. The molecule has 0 bridgehead atoms. The van der Waals surface area contributed by atoms with Crippen LogP contribution in [0.4, 0.5) is 5.69 Å². The van der Waals surface area contributed by atoms with Crippen LogP contribution in [0.2, 0.25) is 0 Å². The van der Waals surface area contributed by atoms with Gasteiger partial charge in [-0.05, 0) is 54.6 Å². The second-order valence-corrected chi connectivity index (χ2v) is 6.83. The predicted octanol–water partition coefficient (Wildman–Crippen LogP) is 4.08. The maximum absolute atomic E-state index is 12.3. The number of hydrogen-bond donors (Lipinski definition) is 1. The van der Waals surface area contributed by atoms with Gasteiger partial charge in [0.25, 0.3) is 5.91 Å². The van der Waals surface area contributed by atoms with Crippen LogP contribution in [0.15, 0.2) is 66.7 Å². The molecule has 3 aromatic rings. The molecule has 0 aliphatic heterocycles. The van der Waals surface area contributed by atoms with Crippen molar-refractivity contribution in [2.45, 2.75) is 0 Å². The highest BCUT2D eigenvalue weighted by molar-refractivity contribution is 6.03. The molecule has 0 aliphatic carbocycles. The van der Waals surface area contributed by atoms with E-state index in [2.05, 4.69) is 5.32 Å². The molecule has 0 unspecified atom stereocenters. The standard InChI is InChI=1S/C25H23NO8/c1-30-17-7-9-18(10-8-17)33-15-23(27)26-16-5-4-6-19(13-16)34-20-11-12-21(24(28)31-2)22(14-20)25(29)32-3/h4-14H,15H2,1-3H3,(H,26,27). The maximum Gasteiger partial charge on any atom is 0.338 e. The summed E-state index contributed by atoms with van der Waals surface area (Å²) in [4.78, 5) is 36.3. The van der Waals surface area contributed by atoms with Crippen LogP contribution in [0, 0.1) is 0 Å².